The van der Waals surface area contributed by atoms with E-state index < -0.39 is 0 Å². The average Bonchev–Trinajstić information content (AvgIpc) is 2.23. The molecule has 0 N–H and O–H groups in total. The molecule has 2 aliphatic rings. The molecule has 1 saturated heterocycles. The van der Waals surface area contributed by atoms with Crippen molar-refractivity contribution in [2.24, 2.45) is 5.92 Å². The van der Waals surface area contributed by atoms with E-state index in [1.54, 1.807) is 0 Å². The lowest BCUT2D eigenvalue weighted by atomic mass is 10.1. The van der Waals surface area contributed by atoms with Gasteiger partial charge >= 0.3 is 0 Å². The van der Waals surface area contributed by atoms with Crippen molar-refractivity contribution in [2.75, 3.05) is 0 Å². The molecular weight excluding hydrogens is 116 g/mol. The molecule has 3 atom stereocenters. The Morgan fingerprint density at radius 3 is 2.62 bits per heavy atom. The Labute approximate surface area is 54.4 Å². The summed E-state index contributed by atoms with van der Waals surface area (Å²) in [5.41, 5.74) is 0. The largest absolute Gasteiger partial charge is 0.151 e. The molecule has 2 bridgehead atoms. The van der Waals surface area contributed by atoms with E-state index in [2.05, 4.69) is 30.8 Å². The Hall–Kier alpha value is 0.0900. The van der Waals surface area contributed by atoms with Crippen molar-refractivity contribution in [3.05, 3.63) is 12.2 Å². The van der Waals surface area contributed by atoms with E-state index in [0.29, 0.717) is 0 Å². The molecule has 1 heterocycles. The molecular formula is C7H10S. The fourth-order valence-electron chi connectivity index (χ4n) is 1.52. The van der Waals surface area contributed by atoms with Crippen LogP contribution < -0.4 is 0 Å². The summed E-state index contributed by atoms with van der Waals surface area (Å²) in [6, 6.07) is 0. The highest BCUT2D eigenvalue weighted by Gasteiger charge is 2.32. The number of thioether (sulfide) groups is 1. The van der Waals surface area contributed by atoms with E-state index in [1.807, 2.05) is 0 Å². The van der Waals surface area contributed by atoms with Gasteiger partial charge < -0.3 is 0 Å². The van der Waals surface area contributed by atoms with Gasteiger partial charge in [-0.3, -0.25) is 0 Å². The molecule has 0 unspecified atom stereocenters. The van der Waals surface area contributed by atoms with Crippen molar-refractivity contribution in [2.45, 2.75) is 23.8 Å². The van der Waals surface area contributed by atoms with Crippen LogP contribution in [0.2, 0.25) is 0 Å². The Morgan fingerprint density at radius 1 is 1.50 bits per heavy atom. The van der Waals surface area contributed by atoms with Crippen molar-refractivity contribution in [3.63, 3.8) is 0 Å². The van der Waals surface area contributed by atoms with E-state index in [1.165, 1.54) is 6.42 Å². The van der Waals surface area contributed by atoms with Crippen LogP contribution in [0.4, 0.5) is 0 Å². The summed E-state index contributed by atoms with van der Waals surface area (Å²) in [5.74, 6) is 0.921. The maximum Gasteiger partial charge on any atom is 0.0236 e. The minimum atomic E-state index is 0.884. The van der Waals surface area contributed by atoms with Gasteiger partial charge in [-0.1, -0.05) is 19.1 Å². The highest BCUT2D eigenvalue weighted by Crippen LogP contribution is 2.44. The van der Waals surface area contributed by atoms with Crippen LogP contribution in [-0.2, 0) is 0 Å². The first-order chi connectivity index (χ1) is 3.86. The van der Waals surface area contributed by atoms with Gasteiger partial charge in [0, 0.05) is 10.5 Å². The molecule has 1 aliphatic carbocycles. The van der Waals surface area contributed by atoms with Crippen LogP contribution in [0, 0.1) is 5.92 Å². The molecule has 0 amide bonds. The molecule has 0 aromatic rings. The molecule has 44 valence electrons. The summed E-state index contributed by atoms with van der Waals surface area (Å²) in [6.45, 7) is 2.33. The number of hydrogen-bond acceptors (Lipinski definition) is 1. The second-order valence-electron chi connectivity index (χ2n) is 2.66. The second kappa shape index (κ2) is 1.53. The minimum absolute atomic E-state index is 0.884. The first-order valence-electron chi connectivity index (χ1n) is 3.20. The summed E-state index contributed by atoms with van der Waals surface area (Å²) in [4.78, 5) is 0. The summed E-state index contributed by atoms with van der Waals surface area (Å²) in [5, 5.41) is 1.79. The number of hydrogen-bond donors (Lipinski definition) is 0. The molecule has 0 saturated carbocycles. The van der Waals surface area contributed by atoms with E-state index >= 15 is 0 Å². The van der Waals surface area contributed by atoms with E-state index in [4.69, 9.17) is 0 Å². The van der Waals surface area contributed by atoms with Crippen LogP contribution >= 0.6 is 11.8 Å². The van der Waals surface area contributed by atoms with Crippen LogP contribution in [0.5, 0.6) is 0 Å². The van der Waals surface area contributed by atoms with Gasteiger partial charge in [-0.25, -0.2) is 0 Å². The van der Waals surface area contributed by atoms with E-state index in [-0.39, 0.29) is 0 Å². The van der Waals surface area contributed by atoms with Gasteiger partial charge in [0.1, 0.15) is 0 Å². The molecule has 0 radical (unpaired) electrons. The zero-order chi connectivity index (χ0) is 5.56. The lowest BCUT2D eigenvalue weighted by molar-refractivity contribution is 0.667. The van der Waals surface area contributed by atoms with Crippen molar-refractivity contribution in [1.82, 2.24) is 0 Å². The highest BCUT2D eigenvalue weighted by atomic mass is 32.2. The molecule has 8 heavy (non-hydrogen) atoms. The second-order valence-corrected chi connectivity index (χ2v) is 4.29. The molecule has 1 fully saturated rings. The SMILES string of the molecule is C[C@@H]1S[C@H]2C=C[C@@H]1C2. The fraction of sp³-hybridized carbons (Fsp3) is 0.714. The number of allylic oxidation sites excluding steroid dienone is 1. The minimum Gasteiger partial charge on any atom is -0.151 e. The third kappa shape index (κ3) is 0.540. The summed E-state index contributed by atoms with van der Waals surface area (Å²) in [7, 11) is 0. The lowest BCUT2D eigenvalue weighted by Crippen LogP contribution is -2.02. The van der Waals surface area contributed by atoms with Crippen LogP contribution in [-0.4, -0.2) is 10.5 Å². The van der Waals surface area contributed by atoms with Gasteiger partial charge in [0.05, 0.1) is 0 Å². The number of rotatable bonds is 0. The summed E-state index contributed by atoms with van der Waals surface area (Å²) in [6.07, 6.45) is 6.16. The topological polar surface area (TPSA) is 0 Å². The Morgan fingerprint density at radius 2 is 2.38 bits per heavy atom. The van der Waals surface area contributed by atoms with E-state index in [9.17, 15) is 0 Å². The summed E-state index contributed by atoms with van der Waals surface area (Å²) < 4.78 is 0. The van der Waals surface area contributed by atoms with Crippen LogP contribution in [0.1, 0.15) is 13.3 Å². The molecule has 0 nitrogen and oxygen atoms in total. The Balaban J connectivity index is 2.23. The molecule has 1 aliphatic heterocycles. The normalized spacial score (nSPS) is 50.9. The first-order valence-corrected chi connectivity index (χ1v) is 4.14. The van der Waals surface area contributed by atoms with Gasteiger partial charge in [-0.15, -0.1) is 0 Å². The zero-order valence-electron chi connectivity index (χ0n) is 5.00. The van der Waals surface area contributed by atoms with Crippen LogP contribution in [0.25, 0.3) is 0 Å². The maximum absolute atomic E-state index is 2.38. The van der Waals surface area contributed by atoms with Crippen molar-refractivity contribution >= 4 is 11.8 Å². The smallest absolute Gasteiger partial charge is 0.0236 e. The third-order valence-corrected chi connectivity index (χ3v) is 3.55. The van der Waals surface area contributed by atoms with Gasteiger partial charge in [-0.05, 0) is 12.3 Å². The molecule has 0 aromatic carbocycles. The van der Waals surface area contributed by atoms with Gasteiger partial charge in [0.25, 0.3) is 0 Å². The van der Waals surface area contributed by atoms with Crippen LogP contribution in [0.3, 0.4) is 0 Å². The third-order valence-electron chi connectivity index (χ3n) is 2.07. The quantitative estimate of drug-likeness (QED) is 0.448. The van der Waals surface area contributed by atoms with Gasteiger partial charge in [0.2, 0.25) is 0 Å². The van der Waals surface area contributed by atoms with Gasteiger partial charge in [0.15, 0.2) is 0 Å². The lowest BCUT2D eigenvalue weighted by Gasteiger charge is -2.09. The number of fused-ring (bicyclic) bond motifs is 2. The summed E-state index contributed by atoms with van der Waals surface area (Å²) >= 11 is 2.13. The molecule has 0 aromatic heterocycles. The maximum atomic E-state index is 2.38. The van der Waals surface area contributed by atoms with Crippen molar-refractivity contribution in [1.29, 1.82) is 0 Å². The van der Waals surface area contributed by atoms with Crippen molar-refractivity contribution in [3.8, 4) is 0 Å². The molecule has 2 rings (SSSR count). The van der Waals surface area contributed by atoms with E-state index in [0.717, 1.165) is 16.4 Å². The Kier molecular flexibility index (Phi) is 0.944. The average molecular weight is 126 g/mol. The highest BCUT2D eigenvalue weighted by molar-refractivity contribution is 8.01. The first kappa shape index (κ1) is 4.92. The van der Waals surface area contributed by atoms with Crippen molar-refractivity contribution < 1.29 is 0 Å². The molecule has 1 heteroatoms. The van der Waals surface area contributed by atoms with Crippen LogP contribution in [0.15, 0.2) is 12.2 Å². The monoisotopic (exact) mass is 126 g/mol. The fourth-order valence-corrected chi connectivity index (χ4v) is 2.99. The zero-order valence-corrected chi connectivity index (χ0v) is 5.82. The van der Waals surface area contributed by atoms with Gasteiger partial charge in [-0.2, -0.15) is 11.8 Å². The predicted octanol–water partition coefficient (Wildman–Crippen LogP) is 2.07. The Bertz CT molecular complexity index is 128. The standard InChI is InChI=1S/C7H10S/c1-5-6-2-3-7(4-6)8-5/h2-3,5-7H,4H2,1H3/t5-,6+,7-/m0/s1. The molecule has 0 spiro atoms. The predicted molar refractivity (Wildman–Crippen MR) is 38.1 cm³/mol.